The molecule has 6 nitrogen and oxygen atoms in total. The molecule has 4 aliphatic carbocycles. The maximum atomic E-state index is 11.9. The van der Waals surface area contributed by atoms with Gasteiger partial charge in [0.2, 0.25) is 5.88 Å². The molecule has 1 heterocycles. The first-order chi connectivity index (χ1) is 18.0. The van der Waals surface area contributed by atoms with Crippen LogP contribution in [0.2, 0.25) is 0 Å². The number of aliphatic hydroxyl groups is 2. The van der Waals surface area contributed by atoms with E-state index in [-0.39, 0.29) is 28.6 Å². The van der Waals surface area contributed by atoms with Gasteiger partial charge in [-0.15, -0.1) is 0 Å². The van der Waals surface area contributed by atoms with Crippen molar-refractivity contribution in [2.24, 2.45) is 52.3 Å². The summed E-state index contributed by atoms with van der Waals surface area (Å²) in [6.45, 7) is 10.2. The summed E-state index contributed by atoms with van der Waals surface area (Å²) < 4.78 is 6.73. The number of fused-ring (bicyclic) bond motifs is 5. The Balaban J connectivity index is 1.28. The fourth-order valence-electron chi connectivity index (χ4n) is 10.1. The minimum atomic E-state index is -0.978. The second kappa shape index (κ2) is 10.8. The number of aliphatic hydroxyl groups excluding tert-OH is 2. The zero-order chi connectivity index (χ0) is 27.4. The average molecular weight is 640 g/mol. The Hall–Kier alpha value is -0.930. The smallest absolute Gasteiger partial charge is 0.337 e. The lowest BCUT2D eigenvalue weighted by Gasteiger charge is -2.64. The zero-order valence-corrected chi connectivity index (χ0v) is 25.6. The molecular formula is C31H46INO5. The van der Waals surface area contributed by atoms with Crippen molar-refractivity contribution in [3.8, 4) is 5.88 Å². The fraction of sp³-hybridized carbons (Fsp3) is 0.806. The summed E-state index contributed by atoms with van der Waals surface area (Å²) in [7, 11) is 0. The predicted molar refractivity (Wildman–Crippen MR) is 155 cm³/mol. The van der Waals surface area contributed by atoms with Crippen LogP contribution in [0.5, 0.6) is 5.88 Å². The van der Waals surface area contributed by atoms with Crippen molar-refractivity contribution in [3.05, 3.63) is 21.4 Å². The molecule has 38 heavy (non-hydrogen) atoms. The number of nitrogens with zero attached hydrogens (tertiary/aromatic N) is 1. The van der Waals surface area contributed by atoms with Crippen LogP contribution in [0.4, 0.5) is 0 Å². The van der Waals surface area contributed by atoms with Crippen molar-refractivity contribution < 1.29 is 24.9 Å². The highest BCUT2D eigenvalue weighted by molar-refractivity contribution is 14.1. The van der Waals surface area contributed by atoms with Gasteiger partial charge in [-0.1, -0.05) is 34.1 Å². The second-order valence-corrected chi connectivity index (χ2v) is 14.7. The molecule has 212 valence electrons. The van der Waals surface area contributed by atoms with Gasteiger partial charge < -0.3 is 20.1 Å². The van der Waals surface area contributed by atoms with Gasteiger partial charge >= 0.3 is 5.97 Å². The van der Waals surface area contributed by atoms with Gasteiger partial charge in [0.15, 0.2) is 0 Å². The summed E-state index contributed by atoms with van der Waals surface area (Å²) >= 11 is 2.09. The molecule has 4 saturated carbocycles. The molecule has 0 radical (unpaired) electrons. The number of aromatic carboxylic acids is 1. The van der Waals surface area contributed by atoms with E-state index in [4.69, 9.17) is 4.74 Å². The van der Waals surface area contributed by atoms with E-state index in [1.54, 1.807) is 6.07 Å². The van der Waals surface area contributed by atoms with Crippen molar-refractivity contribution >= 4 is 28.6 Å². The van der Waals surface area contributed by atoms with E-state index in [2.05, 4.69) is 55.3 Å². The molecule has 0 aliphatic heterocycles. The maximum absolute atomic E-state index is 11.9. The van der Waals surface area contributed by atoms with E-state index < -0.39 is 5.97 Å². The van der Waals surface area contributed by atoms with Gasteiger partial charge in [0.1, 0.15) is 0 Å². The number of hydrogen-bond acceptors (Lipinski definition) is 5. The number of carbonyl (C=O) groups is 1. The number of aromatic nitrogens is 1. The number of carboxylic acid groups (broad SMARTS) is 1. The van der Waals surface area contributed by atoms with Crippen molar-refractivity contribution in [2.75, 3.05) is 6.61 Å². The molecule has 1 aromatic rings. The number of carboxylic acids is 1. The van der Waals surface area contributed by atoms with E-state index >= 15 is 0 Å². The van der Waals surface area contributed by atoms with E-state index in [0.717, 1.165) is 35.7 Å². The third-order valence-corrected chi connectivity index (χ3v) is 12.8. The average Bonchev–Trinajstić information content (AvgIpc) is 3.23. The van der Waals surface area contributed by atoms with Crippen molar-refractivity contribution in [2.45, 2.75) is 97.7 Å². The second-order valence-electron chi connectivity index (χ2n) is 13.6. The van der Waals surface area contributed by atoms with Gasteiger partial charge in [-0.25, -0.2) is 9.78 Å². The number of rotatable bonds is 7. The van der Waals surface area contributed by atoms with Crippen molar-refractivity contribution in [1.82, 2.24) is 4.98 Å². The SMILES string of the molecule is CC[C@H]1[C@@H](O)[C@@H]2[C@H](CC[C@]3(C)[C@@H]([C@H](C)CCOc4ncc(C(=O)O)cc4I)CC[C@@H]23)[C@@]2(C)CC[C@@H](O)C[C@@H]12. The molecule has 0 aromatic carbocycles. The van der Waals surface area contributed by atoms with Crippen LogP contribution < -0.4 is 4.74 Å². The first-order valence-electron chi connectivity index (χ1n) is 14.9. The molecule has 0 spiro atoms. The quantitative estimate of drug-likeness (QED) is 0.298. The van der Waals surface area contributed by atoms with Crippen LogP contribution in [0, 0.1) is 55.8 Å². The molecule has 0 unspecified atom stereocenters. The Kier molecular flexibility index (Phi) is 8.13. The monoisotopic (exact) mass is 639 g/mol. The van der Waals surface area contributed by atoms with Crippen LogP contribution in [-0.2, 0) is 0 Å². The van der Waals surface area contributed by atoms with Gasteiger partial charge in [-0.2, -0.15) is 0 Å². The number of ether oxygens (including phenoxy) is 1. The molecule has 0 amide bonds. The molecule has 7 heteroatoms. The van der Waals surface area contributed by atoms with E-state index in [9.17, 15) is 20.1 Å². The Morgan fingerprint density at radius 2 is 1.84 bits per heavy atom. The van der Waals surface area contributed by atoms with Crippen LogP contribution in [-0.4, -0.2) is 45.1 Å². The molecule has 5 rings (SSSR count). The summed E-state index contributed by atoms with van der Waals surface area (Å²) in [6.07, 6.45) is 10.6. The normalized spacial score (nSPS) is 43.0. The molecule has 0 bridgehead atoms. The summed E-state index contributed by atoms with van der Waals surface area (Å²) in [5, 5.41) is 31.6. The van der Waals surface area contributed by atoms with E-state index in [1.165, 1.54) is 31.9 Å². The predicted octanol–water partition coefficient (Wildman–Crippen LogP) is 6.42. The van der Waals surface area contributed by atoms with Gasteiger partial charge in [0.25, 0.3) is 0 Å². The maximum Gasteiger partial charge on any atom is 0.337 e. The highest BCUT2D eigenvalue weighted by Crippen LogP contribution is 2.69. The van der Waals surface area contributed by atoms with Gasteiger partial charge in [0.05, 0.1) is 27.9 Å². The lowest BCUT2D eigenvalue weighted by molar-refractivity contribution is -0.203. The largest absolute Gasteiger partial charge is 0.478 e. The van der Waals surface area contributed by atoms with Crippen LogP contribution in [0.1, 0.15) is 95.8 Å². The number of pyridine rings is 1. The standard InChI is InChI=1S/C31H46INO5/c1-5-20-24-15-19(34)8-11-31(24,4)23-9-12-30(3)21(6-7-22(30)26(23)27(20)35)17(2)10-13-38-28-25(32)14-18(16-33-28)29(36)37/h14,16-17,19-24,26-27,34-35H,5-13,15H2,1-4H3,(H,36,37)/t17-,19-,20-,21-,22+,23+,24+,26+,27-,30-,31-/m1/s1. The lowest BCUT2D eigenvalue weighted by atomic mass is 9.41. The van der Waals surface area contributed by atoms with Crippen molar-refractivity contribution in [3.63, 3.8) is 0 Å². The highest BCUT2D eigenvalue weighted by atomic mass is 127. The van der Waals surface area contributed by atoms with Crippen LogP contribution >= 0.6 is 22.6 Å². The topological polar surface area (TPSA) is 99.9 Å². The summed E-state index contributed by atoms with van der Waals surface area (Å²) in [6, 6.07) is 1.60. The molecule has 4 aliphatic rings. The molecule has 4 fully saturated rings. The molecule has 1 aromatic heterocycles. The van der Waals surface area contributed by atoms with Gasteiger partial charge in [0, 0.05) is 6.20 Å². The molecular weight excluding hydrogens is 593 g/mol. The van der Waals surface area contributed by atoms with E-state index in [0.29, 0.717) is 53.9 Å². The summed E-state index contributed by atoms with van der Waals surface area (Å²) in [5.41, 5.74) is 0.659. The third kappa shape index (κ3) is 4.70. The van der Waals surface area contributed by atoms with Gasteiger partial charge in [-0.3, -0.25) is 0 Å². The van der Waals surface area contributed by atoms with Crippen LogP contribution in [0.15, 0.2) is 12.3 Å². The molecule has 0 saturated heterocycles. The number of halogens is 1. The minimum absolute atomic E-state index is 0.176. The summed E-state index contributed by atoms with van der Waals surface area (Å²) in [5.74, 6) is 2.89. The highest BCUT2D eigenvalue weighted by Gasteiger charge is 2.64. The van der Waals surface area contributed by atoms with Crippen LogP contribution in [0.3, 0.4) is 0 Å². The molecule has 3 N–H and O–H groups in total. The zero-order valence-electron chi connectivity index (χ0n) is 23.4. The van der Waals surface area contributed by atoms with Crippen molar-refractivity contribution in [1.29, 1.82) is 0 Å². The van der Waals surface area contributed by atoms with E-state index in [1.807, 2.05) is 0 Å². The Morgan fingerprint density at radius 1 is 1.13 bits per heavy atom. The first kappa shape index (κ1) is 28.6. The Bertz CT molecular complexity index is 1040. The third-order valence-electron chi connectivity index (χ3n) is 12.0. The number of hydrogen-bond donors (Lipinski definition) is 3. The summed E-state index contributed by atoms with van der Waals surface area (Å²) in [4.78, 5) is 15.4. The Labute approximate surface area is 241 Å². The minimum Gasteiger partial charge on any atom is -0.478 e. The fourth-order valence-corrected chi connectivity index (χ4v) is 10.8. The van der Waals surface area contributed by atoms with Crippen LogP contribution in [0.25, 0.3) is 0 Å². The first-order valence-corrected chi connectivity index (χ1v) is 16.0. The van der Waals surface area contributed by atoms with Gasteiger partial charge in [-0.05, 0) is 132 Å². The lowest BCUT2D eigenvalue weighted by Crippen LogP contribution is -2.62. The Morgan fingerprint density at radius 3 is 2.53 bits per heavy atom. The molecule has 11 atom stereocenters.